The van der Waals surface area contributed by atoms with Crippen molar-refractivity contribution in [1.29, 1.82) is 0 Å². The Morgan fingerprint density at radius 2 is 1.95 bits per heavy atom. The third-order valence-corrected chi connectivity index (χ3v) is 3.20. The SMILES string of the molecule is CCc1ccccc1OCc1cc(Cl)ccc1C=O. The molecule has 0 fully saturated rings. The first-order valence-electron chi connectivity index (χ1n) is 6.19. The van der Waals surface area contributed by atoms with Crippen molar-refractivity contribution < 1.29 is 9.53 Å². The Morgan fingerprint density at radius 3 is 2.68 bits per heavy atom. The Labute approximate surface area is 118 Å². The molecule has 0 spiro atoms. The summed E-state index contributed by atoms with van der Waals surface area (Å²) in [4.78, 5) is 11.0. The molecule has 2 aromatic carbocycles. The van der Waals surface area contributed by atoms with Crippen molar-refractivity contribution in [2.45, 2.75) is 20.0 Å². The van der Waals surface area contributed by atoms with Gasteiger partial charge in [-0.05, 0) is 36.2 Å². The molecule has 2 aromatic rings. The molecule has 3 heteroatoms. The normalized spacial score (nSPS) is 10.2. The van der Waals surface area contributed by atoms with Crippen LogP contribution in [-0.2, 0) is 13.0 Å². The quantitative estimate of drug-likeness (QED) is 0.760. The van der Waals surface area contributed by atoms with Gasteiger partial charge < -0.3 is 4.74 Å². The summed E-state index contributed by atoms with van der Waals surface area (Å²) < 4.78 is 5.79. The van der Waals surface area contributed by atoms with Crippen molar-refractivity contribution in [2.75, 3.05) is 0 Å². The highest BCUT2D eigenvalue weighted by Gasteiger charge is 2.06. The molecule has 0 amide bonds. The molecule has 0 aliphatic rings. The van der Waals surface area contributed by atoms with Crippen LogP contribution < -0.4 is 4.74 Å². The summed E-state index contributed by atoms with van der Waals surface area (Å²) in [6.45, 7) is 2.42. The minimum absolute atomic E-state index is 0.339. The Hall–Kier alpha value is -1.80. The van der Waals surface area contributed by atoms with E-state index < -0.39 is 0 Å². The molecule has 19 heavy (non-hydrogen) atoms. The topological polar surface area (TPSA) is 26.3 Å². The number of halogens is 1. The van der Waals surface area contributed by atoms with Crippen LogP contribution in [0.5, 0.6) is 5.75 Å². The van der Waals surface area contributed by atoms with E-state index in [4.69, 9.17) is 16.3 Å². The number of aryl methyl sites for hydroxylation is 1. The second-order valence-corrected chi connectivity index (χ2v) is 4.65. The first-order chi connectivity index (χ1) is 9.24. The number of ether oxygens (including phenoxy) is 1. The molecule has 0 atom stereocenters. The first-order valence-corrected chi connectivity index (χ1v) is 6.56. The van der Waals surface area contributed by atoms with E-state index in [2.05, 4.69) is 6.92 Å². The van der Waals surface area contributed by atoms with Crippen molar-refractivity contribution in [1.82, 2.24) is 0 Å². The lowest BCUT2D eigenvalue weighted by Crippen LogP contribution is -2.01. The molecule has 0 N–H and O–H groups in total. The maximum absolute atomic E-state index is 11.0. The van der Waals surface area contributed by atoms with Crippen LogP contribution in [0.1, 0.15) is 28.4 Å². The average Bonchev–Trinajstić information content (AvgIpc) is 2.45. The van der Waals surface area contributed by atoms with Gasteiger partial charge in [0.05, 0.1) is 0 Å². The van der Waals surface area contributed by atoms with Crippen molar-refractivity contribution >= 4 is 17.9 Å². The molecule has 0 unspecified atom stereocenters. The van der Waals surface area contributed by atoms with Crippen LogP contribution in [0.4, 0.5) is 0 Å². The fourth-order valence-corrected chi connectivity index (χ4v) is 2.10. The summed E-state index contributed by atoms with van der Waals surface area (Å²) >= 11 is 5.94. The van der Waals surface area contributed by atoms with Crippen molar-refractivity contribution in [3.05, 3.63) is 64.2 Å². The van der Waals surface area contributed by atoms with Gasteiger partial charge in [-0.25, -0.2) is 0 Å². The smallest absolute Gasteiger partial charge is 0.150 e. The molecule has 2 rings (SSSR count). The molecular weight excluding hydrogens is 260 g/mol. The molecule has 98 valence electrons. The van der Waals surface area contributed by atoms with Crippen LogP contribution in [0.3, 0.4) is 0 Å². The third-order valence-electron chi connectivity index (χ3n) is 2.97. The maximum Gasteiger partial charge on any atom is 0.150 e. The van der Waals surface area contributed by atoms with E-state index in [1.165, 1.54) is 0 Å². The van der Waals surface area contributed by atoms with Crippen LogP contribution in [0.25, 0.3) is 0 Å². The highest BCUT2D eigenvalue weighted by Crippen LogP contribution is 2.21. The molecule has 0 saturated carbocycles. The predicted molar refractivity (Wildman–Crippen MR) is 77.0 cm³/mol. The molecule has 0 aromatic heterocycles. The van der Waals surface area contributed by atoms with Gasteiger partial charge >= 0.3 is 0 Å². The molecule has 0 aliphatic carbocycles. The predicted octanol–water partition coefficient (Wildman–Crippen LogP) is 4.29. The van der Waals surface area contributed by atoms with Crippen LogP contribution in [0.2, 0.25) is 5.02 Å². The number of aldehydes is 1. The van der Waals surface area contributed by atoms with Gasteiger partial charge in [-0.3, -0.25) is 4.79 Å². The van der Waals surface area contributed by atoms with Crippen molar-refractivity contribution in [3.8, 4) is 5.75 Å². The number of para-hydroxylation sites is 1. The molecule has 0 radical (unpaired) electrons. The Bertz CT molecular complexity index is 579. The van der Waals surface area contributed by atoms with E-state index in [9.17, 15) is 4.79 Å². The zero-order valence-electron chi connectivity index (χ0n) is 10.7. The summed E-state index contributed by atoms with van der Waals surface area (Å²) in [7, 11) is 0. The van der Waals surface area contributed by atoms with E-state index in [0.717, 1.165) is 29.6 Å². The minimum Gasteiger partial charge on any atom is -0.489 e. The monoisotopic (exact) mass is 274 g/mol. The van der Waals surface area contributed by atoms with Crippen LogP contribution >= 0.6 is 11.6 Å². The average molecular weight is 275 g/mol. The number of carbonyl (C=O) groups excluding carboxylic acids is 1. The fraction of sp³-hybridized carbons (Fsp3) is 0.188. The zero-order valence-corrected chi connectivity index (χ0v) is 11.5. The van der Waals surface area contributed by atoms with Gasteiger partial charge in [0, 0.05) is 16.1 Å². The molecular formula is C16H15ClO2. The highest BCUT2D eigenvalue weighted by atomic mass is 35.5. The van der Waals surface area contributed by atoms with E-state index in [1.807, 2.05) is 24.3 Å². The molecule has 0 saturated heterocycles. The number of benzene rings is 2. The van der Waals surface area contributed by atoms with Gasteiger partial charge in [0.2, 0.25) is 0 Å². The summed E-state index contributed by atoms with van der Waals surface area (Å²) in [5.74, 6) is 0.849. The molecule has 0 aliphatic heterocycles. The standard InChI is InChI=1S/C16H15ClO2/c1-2-12-5-3-4-6-16(12)19-11-14-9-15(17)8-7-13(14)10-18/h3-10H,2,11H2,1H3. The second kappa shape index (κ2) is 6.39. The maximum atomic E-state index is 11.0. The molecule has 0 bridgehead atoms. The van der Waals surface area contributed by atoms with Gasteiger partial charge in [0.25, 0.3) is 0 Å². The van der Waals surface area contributed by atoms with Crippen LogP contribution in [0.15, 0.2) is 42.5 Å². The zero-order chi connectivity index (χ0) is 13.7. The lowest BCUT2D eigenvalue weighted by molar-refractivity contribution is 0.112. The number of rotatable bonds is 5. The Kier molecular flexibility index (Phi) is 4.58. The van der Waals surface area contributed by atoms with Gasteiger partial charge in [0.1, 0.15) is 18.6 Å². The van der Waals surface area contributed by atoms with E-state index in [0.29, 0.717) is 17.2 Å². The van der Waals surface area contributed by atoms with Gasteiger partial charge in [-0.2, -0.15) is 0 Å². The van der Waals surface area contributed by atoms with E-state index in [-0.39, 0.29) is 0 Å². The van der Waals surface area contributed by atoms with E-state index >= 15 is 0 Å². The summed E-state index contributed by atoms with van der Waals surface area (Å²) in [5, 5.41) is 0.605. The lowest BCUT2D eigenvalue weighted by atomic mass is 10.1. The van der Waals surface area contributed by atoms with Crippen LogP contribution in [-0.4, -0.2) is 6.29 Å². The largest absolute Gasteiger partial charge is 0.489 e. The number of carbonyl (C=O) groups is 1. The van der Waals surface area contributed by atoms with Crippen molar-refractivity contribution in [3.63, 3.8) is 0 Å². The van der Waals surface area contributed by atoms with Gasteiger partial charge in [-0.15, -0.1) is 0 Å². The van der Waals surface area contributed by atoms with E-state index in [1.54, 1.807) is 18.2 Å². The number of hydrogen-bond donors (Lipinski definition) is 0. The number of hydrogen-bond acceptors (Lipinski definition) is 2. The molecule has 2 nitrogen and oxygen atoms in total. The summed E-state index contributed by atoms with van der Waals surface area (Å²) in [6, 6.07) is 13.1. The Morgan fingerprint density at radius 1 is 1.16 bits per heavy atom. The van der Waals surface area contributed by atoms with Gasteiger partial charge in [0.15, 0.2) is 0 Å². The van der Waals surface area contributed by atoms with Gasteiger partial charge in [-0.1, -0.05) is 36.7 Å². The fourth-order valence-electron chi connectivity index (χ4n) is 1.91. The first kappa shape index (κ1) is 13.6. The van der Waals surface area contributed by atoms with Crippen LogP contribution in [0, 0.1) is 0 Å². The van der Waals surface area contributed by atoms with Crippen molar-refractivity contribution in [2.24, 2.45) is 0 Å². The molecule has 0 heterocycles. The highest BCUT2D eigenvalue weighted by molar-refractivity contribution is 6.30. The summed E-state index contributed by atoms with van der Waals surface area (Å²) in [5.41, 5.74) is 2.56. The Balaban J connectivity index is 2.18. The second-order valence-electron chi connectivity index (χ2n) is 4.21. The lowest BCUT2D eigenvalue weighted by Gasteiger charge is -2.11. The third kappa shape index (κ3) is 3.36. The minimum atomic E-state index is 0.339. The summed E-state index contributed by atoms with van der Waals surface area (Å²) in [6.07, 6.45) is 1.73.